The van der Waals surface area contributed by atoms with Crippen LogP contribution >= 0.6 is 0 Å². The van der Waals surface area contributed by atoms with Gasteiger partial charge < -0.3 is 0 Å². The Morgan fingerprint density at radius 1 is 1.36 bits per heavy atom. The highest BCUT2D eigenvalue weighted by Gasteiger charge is 2.08. The quantitative estimate of drug-likeness (QED) is 0.528. The fraction of sp³-hybridized carbons (Fsp3) is 0.800. The molecule has 0 aliphatic carbocycles. The summed E-state index contributed by atoms with van der Waals surface area (Å²) in [5.41, 5.74) is 0. The van der Waals surface area contributed by atoms with Gasteiger partial charge in [0.2, 0.25) is 0 Å². The molecule has 1 unspecified atom stereocenters. The van der Waals surface area contributed by atoms with Crippen LogP contribution in [0.4, 0.5) is 0 Å². The smallest absolute Gasteiger partial charge is 0.102 e. The van der Waals surface area contributed by atoms with E-state index in [0.29, 0.717) is 0 Å². The summed E-state index contributed by atoms with van der Waals surface area (Å²) in [6, 6.07) is 0. The first-order valence-electron chi connectivity index (χ1n) is 4.59. The van der Waals surface area contributed by atoms with Crippen molar-refractivity contribution in [1.82, 2.24) is 0 Å². The van der Waals surface area contributed by atoms with Crippen LogP contribution in [0.3, 0.4) is 0 Å². The highest BCUT2D eigenvalue weighted by molar-refractivity contribution is 6.16. The SMILES string of the molecule is [B]/C=C\CCC(CC)C(C)C. The maximum Gasteiger partial charge on any atom is 0.102 e. The Hall–Kier alpha value is -0.195. The van der Waals surface area contributed by atoms with Crippen molar-refractivity contribution in [3.05, 3.63) is 12.1 Å². The van der Waals surface area contributed by atoms with E-state index in [1.807, 2.05) is 6.08 Å². The van der Waals surface area contributed by atoms with Crippen LogP contribution in [0, 0.1) is 11.8 Å². The predicted molar refractivity (Wildman–Crippen MR) is 52.7 cm³/mol. The van der Waals surface area contributed by atoms with Crippen molar-refractivity contribution in [2.24, 2.45) is 11.8 Å². The third kappa shape index (κ3) is 5.12. The summed E-state index contributed by atoms with van der Waals surface area (Å²) in [5.74, 6) is 3.32. The fourth-order valence-corrected chi connectivity index (χ4v) is 1.42. The molecule has 11 heavy (non-hydrogen) atoms. The second-order valence-corrected chi connectivity index (χ2v) is 3.42. The third-order valence-electron chi connectivity index (χ3n) is 2.31. The molecular formula is C10H19B. The Kier molecular flexibility index (Phi) is 6.40. The Bertz CT molecular complexity index is 105. The van der Waals surface area contributed by atoms with E-state index in [1.165, 1.54) is 12.8 Å². The molecule has 1 heteroatoms. The number of hydrogen-bond acceptors (Lipinski definition) is 0. The van der Waals surface area contributed by atoms with Gasteiger partial charge in [-0.1, -0.05) is 33.3 Å². The van der Waals surface area contributed by atoms with E-state index in [1.54, 1.807) is 5.98 Å². The van der Waals surface area contributed by atoms with Crippen LogP contribution in [-0.2, 0) is 0 Å². The van der Waals surface area contributed by atoms with Gasteiger partial charge in [-0.05, 0) is 24.7 Å². The minimum atomic E-state index is 0.811. The minimum Gasteiger partial charge on any atom is -0.135 e. The fourth-order valence-electron chi connectivity index (χ4n) is 1.42. The molecule has 62 valence electrons. The molecule has 0 aliphatic heterocycles. The standard InChI is InChI=1S/C10H19B/c1-4-10(9(2)3)7-5-6-8-11/h6,8-10H,4-5,7H2,1-3H3/b8-6-. The van der Waals surface area contributed by atoms with Gasteiger partial charge in [-0.15, -0.1) is 5.98 Å². The van der Waals surface area contributed by atoms with Crippen molar-refractivity contribution in [2.45, 2.75) is 40.0 Å². The van der Waals surface area contributed by atoms with Crippen LogP contribution in [0.5, 0.6) is 0 Å². The van der Waals surface area contributed by atoms with E-state index in [9.17, 15) is 0 Å². The molecule has 0 aliphatic rings. The first-order chi connectivity index (χ1) is 5.22. The van der Waals surface area contributed by atoms with E-state index in [0.717, 1.165) is 18.3 Å². The maximum absolute atomic E-state index is 5.25. The molecule has 0 saturated carbocycles. The lowest BCUT2D eigenvalue weighted by Crippen LogP contribution is -2.06. The van der Waals surface area contributed by atoms with E-state index in [2.05, 4.69) is 20.8 Å². The van der Waals surface area contributed by atoms with Crippen molar-refractivity contribution >= 4 is 7.85 Å². The highest BCUT2D eigenvalue weighted by atomic mass is 14.1. The third-order valence-corrected chi connectivity index (χ3v) is 2.31. The van der Waals surface area contributed by atoms with Gasteiger partial charge in [-0.2, -0.15) is 0 Å². The van der Waals surface area contributed by atoms with Crippen LogP contribution < -0.4 is 0 Å². The second-order valence-electron chi connectivity index (χ2n) is 3.42. The summed E-state index contributed by atoms with van der Waals surface area (Å²) >= 11 is 0. The Morgan fingerprint density at radius 2 is 2.00 bits per heavy atom. The van der Waals surface area contributed by atoms with Gasteiger partial charge in [0.05, 0.1) is 0 Å². The average molecular weight is 150 g/mol. The summed E-state index contributed by atoms with van der Waals surface area (Å²) in [6.45, 7) is 6.84. The average Bonchev–Trinajstić information content (AvgIpc) is 1.97. The number of allylic oxidation sites excluding steroid dienone is 1. The molecule has 0 N–H and O–H groups in total. The van der Waals surface area contributed by atoms with Crippen LogP contribution in [0.1, 0.15) is 40.0 Å². The monoisotopic (exact) mass is 150 g/mol. The van der Waals surface area contributed by atoms with Gasteiger partial charge in [0.15, 0.2) is 0 Å². The van der Waals surface area contributed by atoms with Gasteiger partial charge in [-0.25, -0.2) is 0 Å². The van der Waals surface area contributed by atoms with Crippen LogP contribution in [0.2, 0.25) is 0 Å². The van der Waals surface area contributed by atoms with E-state index >= 15 is 0 Å². The topological polar surface area (TPSA) is 0 Å². The molecule has 1 atom stereocenters. The minimum absolute atomic E-state index is 0.811. The molecule has 0 aromatic carbocycles. The van der Waals surface area contributed by atoms with Crippen molar-refractivity contribution in [3.8, 4) is 0 Å². The molecule has 0 amide bonds. The van der Waals surface area contributed by atoms with Crippen molar-refractivity contribution in [3.63, 3.8) is 0 Å². The van der Waals surface area contributed by atoms with Crippen LogP contribution in [-0.4, -0.2) is 7.85 Å². The first-order valence-corrected chi connectivity index (χ1v) is 4.59. The van der Waals surface area contributed by atoms with Crippen molar-refractivity contribution < 1.29 is 0 Å². The zero-order valence-corrected chi connectivity index (χ0v) is 8.01. The molecule has 0 fully saturated rings. The predicted octanol–water partition coefficient (Wildman–Crippen LogP) is 3.13. The summed E-state index contributed by atoms with van der Waals surface area (Å²) < 4.78 is 0. The molecule has 2 radical (unpaired) electrons. The molecule has 0 spiro atoms. The molecule has 0 heterocycles. The van der Waals surface area contributed by atoms with E-state index in [4.69, 9.17) is 7.85 Å². The van der Waals surface area contributed by atoms with Crippen molar-refractivity contribution in [2.75, 3.05) is 0 Å². The lowest BCUT2D eigenvalue weighted by atomic mass is 9.89. The zero-order valence-electron chi connectivity index (χ0n) is 8.01. The maximum atomic E-state index is 5.25. The summed E-state index contributed by atoms with van der Waals surface area (Å²) in [7, 11) is 5.25. The molecular weight excluding hydrogens is 131 g/mol. The number of hydrogen-bond donors (Lipinski definition) is 0. The molecule has 0 aromatic rings. The highest BCUT2D eigenvalue weighted by Crippen LogP contribution is 2.20. The second kappa shape index (κ2) is 6.51. The van der Waals surface area contributed by atoms with Crippen LogP contribution in [0.15, 0.2) is 12.1 Å². The van der Waals surface area contributed by atoms with Gasteiger partial charge in [0.25, 0.3) is 0 Å². The van der Waals surface area contributed by atoms with Gasteiger partial charge in [0.1, 0.15) is 7.85 Å². The van der Waals surface area contributed by atoms with Gasteiger partial charge in [0, 0.05) is 0 Å². The lowest BCUT2D eigenvalue weighted by molar-refractivity contribution is 0.351. The van der Waals surface area contributed by atoms with Gasteiger partial charge >= 0.3 is 0 Å². The molecule has 0 saturated heterocycles. The van der Waals surface area contributed by atoms with E-state index in [-0.39, 0.29) is 0 Å². The molecule has 0 aromatic heterocycles. The lowest BCUT2D eigenvalue weighted by Gasteiger charge is -2.17. The molecule has 0 nitrogen and oxygen atoms in total. The van der Waals surface area contributed by atoms with E-state index < -0.39 is 0 Å². The molecule has 0 bridgehead atoms. The Balaban J connectivity index is 3.52. The molecule has 0 rings (SSSR count). The summed E-state index contributed by atoms with van der Waals surface area (Å²) in [5, 5.41) is 0. The van der Waals surface area contributed by atoms with Crippen LogP contribution in [0.25, 0.3) is 0 Å². The zero-order chi connectivity index (χ0) is 8.69. The van der Waals surface area contributed by atoms with Gasteiger partial charge in [-0.3, -0.25) is 0 Å². The summed E-state index contributed by atoms with van der Waals surface area (Å²) in [4.78, 5) is 0. The normalized spacial score (nSPS) is 14.5. The Morgan fingerprint density at radius 3 is 2.36 bits per heavy atom. The summed E-state index contributed by atoms with van der Waals surface area (Å²) in [6.07, 6.45) is 5.75. The van der Waals surface area contributed by atoms with Crippen molar-refractivity contribution in [1.29, 1.82) is 0 Å². The Labute approximate surface area is 72.5 Å². The largest absolute Gasteiger partial charge is 0.135 e. The number of rotatable bonds is 5. The first kappa shape index (κ1) is 10.8.